The van der Waals surface area contributed by atoms with Gasteiger partial charge in [-0.15, -0.1) is 0 Å². The van der Waals surface area contributed by atoms with Crippen molar-refractivity contribution in [2.24, 2.45) is 0 Å². The van der Waals surface area contributed by atoms with E-state index in [0.29, 0.717) is 17.9 Å². The summed E-state index contributed by atoms with van der Waals surface area (Å²) in [5, 5.41) is 7.17. The zero-order valence-electron chi connectivity index (χ0n) is 15.8. The van der Waals surface area contributed by atoms with Crippen LogP contribution in [0.1, 0.15) is 38.1 Å². The maximum absolute atomic E-state index is 12.5. The Kier molecular flexibility index (Phi) is 5.38. The van der Waals surface area contributed by atoms with Crippen LogP contribution in [0.2, 0.25) is 0 Å². The van der Waals surface area contributed by atoms with E-state index in [4.69, 9.17) is 4.74 Å². The van der Waals surface area contributed by atoms with Crippen LogP contribution in [-0.4, -0.2) is 63.0 Å². The summed E-state index contributed by atoms with van der Waals surface area (Å²) in [5.41, 5.74) is 0.394. The standard InChI is InChI=1S/C19H27N5O2/c1-14-11-23(12-15(2)26-14)19(3,4)13-21-18(25)16-6-7-17(20-10-16)24-9-5-8-22-24/h5-10,14-15H,11-13H2,1-4H3,(H,21,25)/t14-,15-/m1/s1. The summed E-state index contributed by atoms with van der Waals surface area (Å²) in [7, 11) is 0. The molecule has 0 radical (unpaired) electrons. The van der Waals surface area contributed by atoms with Crippen molar-refractivity contribution in [1.29, 1.82) is 0 Å². The van der Waals surface area contributed by atoms with Gasteiger partial charge < -0.3 is 10.1 Å². The Morgan fingerprint density at radius 1 is 1.31 bits per heavy atom. The Labute approximate surface area is 154 Å². The number of ether oxygens (including phenoxy) is 1. The Hall–Kier alpha value is -2.25. The topological polar surface area (TPSA) is 72.3 Å². The number of amides is 1. The van der Waals surface area contributed by atoms with Gasteiger partial charge in [-0.3, -0.25) is 9.69 Å². The maximum Gasteiger partial charge on any atom is 0.252 e. The van der Waals surface area contributed by atoms with Crippen LogP contribution in [0.3, 0.4) is 0 Å². The minimum Gasteiger partial charge on any atom is -0.373 e. The van der Waals surface area contributed by atoms with Crippen molar-refractivity contribution in [3.05, 3.63) is 42.4 Å². The van der Waals surface area contributed by atoms with Gasteiger partial charge in [0.2, 0.25) is 0 Å². The summed E-state index contributed by atoms with van der Waals surface area (Å²) in [5.74, 6) is 0.565. The second-order valence-corrected chi connectivity index (χ2v) is 7.51. The molecule has 2 aromatic rings. The molecule has 0 aliphatic carbocycles. The predicted octanol–water partition coefficient (Wildman–Crippen LogP) is 1.88. The fraction of sp³-hybridized carbons (Fsp3) is 0.526. The molecule has 0 unspecified atom stereocenters. The van der Waals surface area contributed by atoms with E-state index in [2.05, 4.69) is 48.0 Å². The molecule has 1 aliphatic heterocycles. The van der Waals surface area contributed by atoms with Gasteiger partial charge in [0, 0.05) is 43.8 Å². The van der Waals surface area contributed by atoms with E-state index in [1.807, 2.05) is 12.3 Å². The molecule has 1 amide bonds. The fourth-order valence-electron chi connectivity index (χ4n) is 3.24. The third-order valence-corrected chi connectivity index (χ3v) is 4.71. The summed E-state index contributed by atoms with van der Waals surface area (Å²) >= 11 is 0. The van der Waals surface area contributed by atoms with Crippen LogP contribution < -0.4 is 5.32 Å². The van der Waals surface area contributed by atoms with E-state index in [1.165, 1.54) is 0 Å². The summed E-state index contributed by atoms with van der Waals surface area (Å²) in [6.07, 6.45) is 5.49. The molecule has 3 rings (SSSR count). The molecule has 0 saturated carbocycles. The zero-order valence-corrected chi connectivity index (χ0v) is 15.8. The monoisotopic (exact) mass is 357 g/mol. The second-order valence-electron chi connectivity index (χ2n) is 7.51. The quantitative estimate of drug-likeness (QED) is 0.885. The van der Waals surface area contributed by atoms with Gasteiger partial charge in [-0.05, 0) is 45.9 Å². The van der Waals surface area contributed by atoms with Crippen LogP contribution >= 0.6 is 0 Å². The van der Waals surface area contributed by atoms with Gasteiger partial charge in [0.05, 0.1) is 17.8 Å². The number of aromatic nitrogens is 3. The third-order valence-electron chi connectivity index (χ3n) is 4.71. The van der Waals surface area contributed by atoms with Gasteiger partial charge in [0.25, 0.3) is 5.91 Å². The van der Waals surface area contributed by atoms with E-state index >= 15 is 0 Å². The average Bonchev–Trinajstić information content (AvgIpc) is 3.14. The first kappa shape index (κ1) is 18.5. The SMILES string of the molecule is C[C@@H]1CN(C(C)(C)CNC(=O)c2ccc(-n3cccn3)nc2)C[C@@H](C)O1. The minimum absolute atomic E-state index is 0.119. The highest BCUT2D eigenvalue weighted by Gasteiger charge is 2.33. The Balaban J connectivity index is 1.59. The lowest BCUT2D eigenvalue weighted by molar-refractivity contribution is -0.0948. The number of nitrogens with zero attached hydrogens (tertiary/aromatic N) is 4. The summed E-state index contributed by atoms with van der Waals surface area (Å²) < 4.78 is 7.46. The van der Waals surface area contributed by atoms with Crippen LogP contribution in [0.4, 0.5) is 0 Å². The van der Waals surface area contributed by atoms with E-state index in [1.54, 1.807) is 29.2 Å². The largest absolute Gasteiger partial charge is 0.373 e. The van der Waals surface area contributed by atoms with E-state index in [9.17, 15) is 4.79 Å². The number of nitrogens with one attached hydrogen (secondary N) is 1. The molecule has 7 heteroatoms. The molecule has 2 atom stereocenters. The van der Waals surface area contributed by atoms with E-state index < -0.39 is 0 Å². The molecule has 1 fully saturated rings. The van der Waals surface area contributed by atoms with Crippen molar-refractivity contribution in [3.63, 3.8) is 0 Å². The van der Waals surface area contributed by atoms with Crippen molar-refractivity contribution in [3.8, 4) is 5.82 Å². The normalized spacial score (nSPS) is 21.5. The van der Waals surface area contributed by atoms with Crippen LogP contribution in [0, 0.1) is 0 Å². The van der Waals surface area contributed by atoms with Crippen molar-refractivity contribution in [1.82, 2.24) is 25.0 Å². The van der Waals surface area contributed by atoms with Crippen LogP contribution in [0.25, 0.3) is 5.82 Å². The molecule has 0 aromatic carbocycles. The van der Waals surface area contributed by atoms with Gasteiger partial charge in [0.15, 0.2) is 5.82 Å². The van der Waals surface area contributed by atoms with Crippen molar-refractivity contribution in [2.75, 3.05) is 19.6 Å². The number of carbonyl (C=O) groups is 1. The van der Waals surface area contributed by atoms with Gasteiger partial charge in [-0.25, -0.2) is 9.67 Å². The lowest BCUT2D eigenvalue weighted by Gasteiger charge is -2.45. The van der Waals surface area contributed by atoms with Crippen LogP contribution in [-0.2, 0) is 4.74 Å². The molecule has 3 heterocycles. The number of rotatable bonds is 5. The lowest BCUT2D eigenvalue weighted by atomic mass is 10.00. The smallest absolute Gasteiger partial charge is 0.252 e. The summed E-state index contributed by atoms with van der Waals surface area (Å²) in [4.78, 5) is 19.2. The first-order valence-electron chi connectivity index (χ1n) is 9.00. The molecule has 0 bridgehead atoms. The van der Waals surface area contributed by atoms with Crippen LogP contribution in [0.5, 0.6) is 0 Å². The molecular weight excluding hydrogens is 330 g/mol. The van der Waals surface area contributed by atoms with Gasteiger partial charge >= 0.3 is 0 Å². The predicted molar refractivity (Wildman–Crippen MR) is 99.4 cm³/mol. The lowest BCUT2D eigenvalue weighted by Crippen LogP contribution is -2.58. The number of hydrogen-bond acceptors (Lipinski definition) is 5. The summed E-state index contributed by atoms with van der Waals surface area (Å²) in [6.45, 7) is 10.8. The van der Waals surface area contributed by atoms with Crippen molar-refractivity contribution >= 4 is 5.91 Å². The van der Waals surface area contributed by atoms with Gasteiger partial charge in [-0.2, -0.15) is 5.10 Å². The number of carbonyl (C=O) groups excluding carboxylic acids is 1. The van der Waals surface area contributed by atoms with E-state index in [-0.39, 0.29) is 23.7 Å². The van der Waals surface area contributed by atoms with Crippen molar-refractivity contribution in [2.45, 2.75) is 45.4 Å². The first-order valence-corrected chi connectivity index (χ1v) is 9.00. The molecule has 0 spiro atoms. The fourth-order valence-corrected chi connectivity index (χ4v) is 3.24. The molecule has 1 N–H and O–H groups in total. The highest BCUT2D eigenvalue weighted by atomic mass is 16.5. The Morgan fingerprint density at radius 3 is 2.62 bits per heavy atom. The maximum atomic E-state index is 12.5. The third kappa shape index (κ3) is 4.28. The Morgan fingerprint density at radius 2 is 2.04 bits per heavy atom. The number of pyridine rings is 1. The summed E-state index contributed by atoms with van der Waals surface area (Å²) in [6, 6.07) is 5.39. The van der Waals surface area contributed by atoms with Crippen LogP contribution in [0.15, 0.2) is 36.8 Å². The highest BCUT2D eigenvalue weighted by molar-refractivity contribution is 5.94. The minimum atomic E-state index is -0.148. The second kappa shape index (κ2) is 7.55. The molecule has 2 aromatic heterocycles. The Bertz CT molecular complexity index is 717. The molecule has 7 nitrogen and oxygen atoms in total. The molecule has 26 heavy (non-hydrogen) atoms. The molecule has 140 valence electrons. The average molecular weight is 357 g/mol. The highest BCUT2D eigenvalue weighted by Crippen LogP contribution is 2.20. The van der Waals surface area contributed by atoms with E-state index in [0.717, 1.165) is 13.1 Å². The number of morpholine rings is 1. The molecular formula is C19H27N5O2. The van der Waals surface area contributed by atoms with Gasteiger partial charge in [-0.1, -0.05) is 0 Å². The first-order chi connectivity index (χ1) is 12.3. The molecule has 1 aliphatic rings. The number of hydrogen-bond donors (Lipinski definition) is 1. The molecule has 1 saturated heterocycles. The zero-order chi connectivity index (χ0) is 18.7. The van der Waals surface area contributed by atoms with Crippen molar-refractivity contribution < 1.29 is 9.53 Å². The van der Waals surface area contributed by atoms with Gasteiger partial charge in [0.1, 0.15) is 0 Å².